The second kappa shape index (κ2) is 8.94. The molecule has 1 amide bonds. The molecular weight excluding hydrogens is 450 g/mol. The van der Waals surface area contributed by atoms with Crippen molar-refractivity contribution in [2.45, 2.75) is 43.1 Å². The van der Waals surface area contributed by atoms with Crippen LogP contribution >= 0.6 is 11.8 Å². The first-order valence-electron chi connectivity index (χ1n) is 11.1. The Morgan fingerprint density at radius 1 is 1.12 bits per heavy atom. The highest BCUT2D eigenvalue weighted by molar-refractivity contribution is 8.00. The van der Waals surface area contributed by atoms with E-state index < -0.39 is 5.25 Å². The molecule has 0 radical (unpaired) electrons. The summed E-state index contributed by atoms with van der Waals surface area (Å²) in [6.07, 6.45) is 5.59. The number of carbonyl (C=O) groups excluding carboxylic acids is 1. The van der Waals surface area contributed by atoms with Crippen LogP contribution in [0.15, 0.2) is 64.8 Å². The lowest BCUT2D eigenvalue weighted by atomic mass is 10.2. The minimum atomic E-state index is -0.476. The lowest BCUT2D eigenvalue weighted by Crippen LogP contribution is -2.27. The Balaban J connectivity index is 1.38. The molecule has 4 aromatic rings. The maximum absolute atomic E-state index is 13.1. The average molecular weight is 476 g/mol. The van der Waals surface area contributed by atoms with Gasteiger partial charge in [-0.2, -0.15) is 0 Å². The number of para-hydroxylation sites is 1. The Kier molecular flexibility index (Phi) is 5.82. The molecule has 1 fully saturated rings. The summed E-state index contributed by atoms with van der Waals surface area (Å²) in [5, 5.41) is 11.9. The van der Waals surface area contributed by atoms with Gasteiger partial charge in [0.2, 0.25) is 5.91 Å². The highest BCUT2D eigenvalue weighted by Crippen LogP contribution is 2.41. The molecule has 0 unspecified atom stereocenters. The number of amides is 1. The van der Waals surface area contributed by atoms with E-state index in [2.05, 4.69) is 25.1 Å². The summed E-state index contributed by atoms with van der Waals surface area (Å²) in [5.74, 6) is 0.525. The van der Waals surface area contributed by atoms with Crippen molar-refractivity contribution in [1.82, 2.24) is 29.1 Å². The zero-order valence-electron chi connectivity index (χ0n) is 19.2. The highest BCUT2D eigenvalue weighted by atomic mass is 32.2. The van der Waals surface area contributed by atoms with Gasteiger partial charge in [0, 0.05) is 31.0 Å². The molecule has 1 saturated carbocycles. The fourth-order valence-corrected chi connectivity index (χ4v) is 4.79. The molecule has 1 aliphatic rings. The second-order valence-corrected chi connectivity index (χ2v) is 9.64. The number of pyridine rings is 1. The predicted octanol–water partition coefficient (Wildman–Crippen LogP) is 3.59. The van der Waals surface area contributed by atoms with Crippen LogP contribution in [0.4, 0.5) is 5.69 Å². The first-order valence-corrected chi connectivity index (χ1v) is 12.0. The summed E-state index contributed by atoms with van der Waals surface area (Å²) in [4.78, 5) is 30.3. The van der Waals surface area contributed by atoms with Crippen LogP contribution in [0.25, 0.3) is 17.1 Å². The molecule has 1 aliphatic carbocycles. The molecule has 174 valence electrons. The van der Waals surface area contributed by atoms with Crippen molar-refractivity contribution < 1.29 is 4.79 Å². The number of nitrogens with zero attached hydrogens (tertiary/aromatic N) is 6. The van der Waals surface area contributed by atoms with Crippen LogP contribution in [0.3, 0.4) is 0 Å². The molecule has 5 rings (SSSR count). The molecule has 9 nitrogen and oxygen atoms in total. The second-order valence-electron chi connectivity index (χ2n) is 8.33. The van der Waals surface area contributed by atoms with Crippen molar-refractivity contribution in [3.05, 3.63) is 70.9 Å². The Morgan fingerprint density at radius 3 is 2.50 bits per heavy atom. The fraction of sp³-hybridized carbons (Fsp3) is 0.292. The van der Waals surface area contributed by atoms with Crippen LogP contribution in [-0.2, 0) is 11.8 Å². The fourth-order valence-electron chi connectivity index (χ4n) is 3.87. The third-order valence-corrected chi connectivity index (χ3v) is 7.03. The summed E-state index contributed by atoms with van der Waals surface area (Å²) in [7, 11) is 1.80. The maximum atomic E-state index is 13.1. The van der Waals surface area contributed by atoms with Gasteiger partial charge in [0.05, 0.1) is 16.6 Å². The van der Waals surface area contributed by atoms with Crippen LogP contribution in [0, 0.1) is 6.92 Å². The van der Waals surface area contributed by atoms with E-state index in [1.54, 1.807) is 28.8 Å². The largest absolute Gasteiger partial charge is 0.319 e. The number of benzene rings is 1. The molecule has 0 aliphatic heterocycles. The van der Waals surface area contributed by atoms with Crippen LogP contribution in [-0.4, -0.2) is 40.3 Å². The van der Waals surface area contributed by atoms with Gasteiger partial charge in [0.15, 0.2) is 11.0 Å². The number of aromatic nitrogens is 6. The summed E-state index contributed by atoms with van der Waals surface area (Å²) >= 11 is 1.35. The van der Waals surface area contributed by atoms with Crippen LogP contribution in [0.5, 0.6) is 0 Å². The molecule has 0 spiro atoms. The van der Waals surface area contributed by atoms with Gasteiger partial charge in [-0.25, -0.2) is 4.68 Å². The third kappa shape index (κ3) is 4.05. The monoisotopic (exact) mass is 475 g/mol. The van der Waals surface area contributed by atoms with Gasteiger partial charge in [0.25, 0.3) is 5.56 Å². The number of nitrogens with one attached hydrogen (secondary N) is 1. The summed E-state index contributed by atoms with van der Waals surface area (Å²) in [5.41, 5.74) is 2.38. The van der Waals surface area contributed by atoms with Gasteiger partial charge >= 0.3 is 0 Å². The van der Waals surface area contributed by atoms with E-state index in [0.717, 1.165) is 29.9 Å². The molecule has 3 heterocycles. The van der Waals surface area contributed by atoms with Crippen molar-refractivity contribution >= 4 is 23.4 Å². The Bertz CT molecular complexity index is 1390. The van der Waals surface area contributed by atoms with E-state index in [4.69, 9.17) is 0 Å². The SMILES string of the molecule is Cc1c(NC(=O)[C@@H](C)Sc2nnc(-c3ccncc3)n2C2CC2)c(=O)n(-c2ccccc2)n1C. The van der Waals surface area contributed by atoms with Gasteiger partial charge < -0.3 is 5.32 Å². The van der Waals surface area contributed by atoms with E-state index in [-0.39, 0.29) is 17.2 Å². The molecule has 0 saturated heterocycles. The Hall–Kier alpha value is -3.66. The number of anilines is 1. The average Bonchev–Trinajstić information content (AvgIpc) is 3.58. The predicted molar refractivity (Wildman–Crippen MR) is 131 cm³/mol. The van der Waals surface area contributed by atoms with Crippen LogP contribution in [0.2, 0.25) is 0 Å². The molecule has 1 atom stereocenters. The number of thioether (sulfide) groups is 1. The van der Waals surface area contributed by atoms with E-state index in [0.29, 0.717) is 16.9 Å². The van der Waals surface area contributed by atoms with Crippen LogP contribution in [0.1, 0.15) is 31.5 Å². The topological polar surface area (TPSA) is 99.6 Å². The summed E-state index contributed by atoms with van der Waals surface area (Å²) in [6.45, 7) is 3.63. The number of hydrogen-bond donors (Lipinski definition) is 1. The maximum Gasteiger partial charge on any atom is 0.295 e. The van der Waals surface area contributed by atoms with E-state index >= 15 is 0 Å². The Morgan fingerprint density at radius 2 is 1.82 bits per heavy atom. The molecule has 1 aromatic carbocycles. The minimum absolute atomic E-state index is 0.258. The van der Waals surface area contributed by atoms with E-state index in [1.807, 2.05) is 56.3 Å². The van der Waals surface area contributed by atoms with E-state index in [9.17, 15) is 9.59 Å². The molecule has 10 heteroatoms. The number of rotatable bonds is 7. The van der Waals surface area contributed by atoms with Crippen molar-refractivity contribution in [3.63, 3.8) is 0 Å². The number of carbonyl (C=O) groups is 1. The van der Waals surface area contributed by atoms with Gasteiger partial charge in [-0.1, -0.05) is 30.0 Å². The lowest BCUT2D eigenvalue weighted by Gasteiger charge is -2.13. The molecule has 0 bridgehead atoms. The van der Waals surface area contributed by atoms with E-state index in [1.165, 1.54) is 11.8 Å². The van der Waals surface area contributed by atoms with Crippen LogP contribution < -0.4 is 10.9 Å². The summed E-state index contributed by atoms with van der Waals surface area (Å²) < 4.78 is 5.41. The minimum Gasteiger partial charge on any atom is -0.319 e. The van der Waals surface area contributed by atoms with Gasteiger partial charge in [0.1, 0.15) is 5.69 Å². The zero-order chi connectivity index (χ0) is 23.8. The first kappa shape index (κ1) is 22.1. The van der Waals surface area contributed by atoms with Crippen molar-refractivity contribution in [2.75, 3.05) is 5.32 Å². The molecule has 34 heavy (non-hydrogen) atoms. The van der Waals surface area contributed by atoms with Crippen molar-refractivity contribution in [1.29, 1.82) is 0 Å². The molecule has 3 aromatic heterocycles. The smallest absolute Gasteiger partial charge is 0.295 e. The van der Waals surface area contributed by atoms with Gasteiger partial charge in [-0.15, -0.1) is 10.2 Å². The summed E-state index contributed by atoms with van der Waals surface area (Å²) in [6, 6.07) is 13.5. The normalized spacial score (nSPS) is 14.2. The molecular formula is C24H25N7O2S. The lowest BCUT2D eigenvalue weighted by molar-refractivity contribution is -0.115. The standard InChI is InChI=1S/C24H25N7O2S/c1-15-20(23(33)31(29(15)3)19-7-5-4-6-8-19)26-22(32)16(2)34-24-28-27-21(30(24)18-9-10-18)17-11-13-25-14-12-17/h4-8,11-14,16,18H,9-10H2,1-3H3,(H,26,32)/t16-/m1/s1. The van der Waals surface area contributed by atoms with Gasteiger partial charge in [-0.05, 0) is 51.0 Å². The number of hydrogen-bond acceptors (Lipinski definition) is 6. The van der Waals surface area contributed by atoms with Crippen molar-refractivity contribution in [3.8, 4) is 17.1 Å². The first-order chi connectivity index (χ1) is 16.5. The molecule has 1 N–H and O–H groups in total. The van der Waals surface area contributed by atoms with Crippen molar-refractivity contribution in [2.24, 2.45) is 7.05 Å². The highest BCUT2D eigenvalue weighted by Gasteiger charge is 2.32. The Labute approximate surface area is 200 Å². The quantitative estimate of drug-likeness (QED) is 0.410. The zero-order valence-corrected chi connectivity index (χ0v) is 20.0. The third-order valence-electron chi connectivity index (χ3n) is 5.97. The van der Waals surface area contributed by atoms with Gasteiger partial charge in [-0.3, -0.25) is 23.8 Å².